The van der Waals surface area contributed by atoms with E-state index in [-0.39, 0.29) is 29.1 Å². The number of nitrogens with zero attached hydrogens (tertiary/aromatic N) is 3. The molecule has 4 rings (SSSR count). The molecule has 0 radical (unpaired) electrons. The first-order valence-corrected chi connectivity index (χ1v) is 14.4. The number of esters is 1. The summed E-state index contributed by atoms with van der Waals surface area (Å²) < 4.78 is 26.3. The molecule has 0 aliphatic carbocycles. The highest BCUT2D eigenvalue weighted by Gasteiger charge is 2.24. The molecule has 1 unspecified atom stereocenters. The molecule has 0 spiro atoms. The van der Waals surface area contributed by atoms with Crippen LogP contribution in [0, 0.1) is 5.82 Å². The van der Waals surface area contributed by atoms with Crippen LogP contribution in [0.4, 0.5) is 9.39 Å². The maximum absolute atomic E-state index is 13.4. The minimum atomic E-state index is -0.600. The molecule has 0 saturated heterocycles. The zero-order valence-electron chi connectivity index (χ0n) is 22.3. The van der Waals surface area contributed by atoms with Gasteiger partial charge >= 0.3 is 5.97 Å². The summed E-state index contributed by atoms with van der Waals surface area (Å²) in [6.45, 7) is 8.25. The lowest BCUT2D eigenvalue weighted by atomic mass is 10.0. The molecule has 2 aromatic heterocycles. The van der Waals surface area contributed by atoms with E-state index in [0.717, 1.165) is 12.2 Å². The van der Waals surface area contributed by atoms with Gasteiger partial charge in [-0.2, -0.15) is 0 Å². The van der Waals surface area contributed by atoms with Crippen molar-refractivity contribution in [3.63, 3.8) is 0 Å². The van der Waals surface area contributed by atoms with Crippen LogP contribution in [0.15, 0.2) is 71.7 Å². The van der Waals surface area contributed by atoms with Gasteiger partial charge in [-0.15, -0.1) is 28.1 Å². The average molecular weight is 581 g/mol. The number of aromatic nitrogens is 3. The van der Waals surface area contributed by atoms with Crippen molar-refractivity contribution in [3.05, 3.63) is 89.3 Å². The van der Waals surface area contributed by atoms with E-state index in [1.165, 1.54) is 47.9 Å². The Hall–Kier alpha value is -3.96. The van der Waals surface area contributed by atoms with E-state index in [2.05, 4.69) is 29.0 Å². The highest BCUT2D eigenvalue weighted by molar-refractivity contribution is 7.99. The number of aryl methyl sites for hydroxylation is 1. The largest absolute Gasteiger partial charge is 0.483 e. The lowest BCUT2D eigenvalue weighted by Crippen LogP contribution is -2.17. The number of nitrogens with one attached hydrogen (secondary N) is 1. The molecule has 40 heavy (non-hydrogen) atoms. The van der Waals surface area contributed by atoms with Crippen LogP contribution in [0.1, 0.15) is 41.7 Å². The number of hydrogen-bond donors (Lipinski definition) is 1. The van der Waals surface area contributed by atoms with Crippen LogP contribution in [0.3, 0.4) is 0 Å². The number of benzene rings is 2. The summed E-state index contributed by atoms with van der Waals surface area (Å²) in [5.41, 5.74) is 2.62. The Balaban J connectivity index is 1.46. The number of thioether (sulfide) groups is 1. The second-order valence-corrected chi connectivity index (χ2v) is 10.5. The summed E-state index contributed by atoms with van der Waals surface area (Å²) in [7, 11) is 1.27. The van der Waals surface area contributed by atoms with Crippen molar-refractivity contribution in [1.82, 2.24) is 14.8 Å². The van der Waals surface area contributed by atoms with E-state index in [9.17, 15) is 14.0 Å². The van der Waals surface area contributed by atoms with Gasteiger partial charge in [0.25, 0.3) is 0 Å². The lowest BCUT2D eigenvalue weighted by Gasteiger charge is -2.16. The van der Waals surface area contributed by atoms with Crippen molar-refractivity contribution >= 4 is 40.0 Å². The van der Waals surface area contributed by atoms with E-state index in [0.29, 0.717) is 33.7 Å². The fraction of sp³-hybridized carbons (Fsp3) is 0.241. The molecule has 1 amide bonds. The number of anilines is 1. The number of hydrogen-bond acceptors (Lipinski definition) is 8. The second kappa shape index (κ2) is 13.4. The quantitative estimate of drug-likeness (QED) is 0.115. The van der Waals surface area contributed by atoms with Gasteiger partial charge in [0.2, 0.25) is 5.91 Å². The van der Waals surface area contributed by atoms with Crippen LogP contribution in [0.25, 0.3) is 11.1 Å². The molecule has 11 heteroatoms. The number of rotatable bonds is 12. The number of allylic oxidation sites excluding steroid dienone is 1. The number of carbonyl (C=O) groups excluding carboxylic acids is 2. The SMILES string of the molecule is C=CCn1c(SCC(=O)Nc2scc(-c3ccc(F)cc3)c2C(=O)OC)nnc1C(C)Oc1ccc(CC)cc1. The molecular formula is C29H29FN4O4S2. The van der Waals surface area contributed by atoms with Crippen LogP contribution in [-0.4, -0.2) is 39.5 Å². The topological polar surface area (TPSA) is 95.3 Å². The van der Waals surface area contributed by atoms with E-state index in [4.69, 9.17) is 9.47 Å². The van der Waals surface area contributed by atoms with Gasteiger partial charge in [0.1, 0.15) is 22.1 Å². The highest BCUT2D eigenvalue weighted by atomic mass is 32.2. The standard InChI is InChI=1S/C29H29FN4O4S2/c1-5-15-34-26(18(3)38-22-13-7-19(6-2)8-14-22)32-33-29(34)40-17-24(35)31-27-25(28(36)37-4)23(16-39-27)20-9-11-21(30)12-10-20/h5,7-14,16,18H,1,6,15,17H2,2-4H3,(H,31,35). The molecule has 0 aliphatic heterocycles. The summed E-state index contributed by atoms with van der Waals surface area (Å²) >= 11 is 2.40. The minimum absolute atomic E-state index is 0.0212. The normalized spacial score (nSPS) is 11.6. The molecule has 2 aromatic carbocycles. The Morgan fingerprint density at radius 2 is 1.90 bits per heavy atom. The number of carbonyl (C=O) groups is 2. The number of ether oxygens (including phenoxy) is 2. The highest BCUT2D eigenvalue weighted by Crippen LogP contribution is 2.36. The minimum Gasteiger partial charge on any atom is -0.483 e. The van der Waals surface area contributed by atoms with Crippen LogP contribution in [0.2, 0.25) is 0 Å². The fourth-order valence-electron chi connectivity index (χ4n) is 3.96. The predicted octanol–water partition coefficient (Wildman–Crippen LogP) is 6.55. The zero-order valence-corrected chi connectivity index (χ0v) is 24.0. The van der Waals surface area contributed by atoms with Gasteiger partial charge in [0.05, 0.1) is 12.9 Å². The molecule has 1 N–H and O–H groups in total. The van der Waals surface area contributed by atoms with E-state index in [1.807, 2.05) is 35.8 Å². The Kier molecular flexibility index (Phi) is 9.73. The molecule has 0 aliphatic rings. The number of halogens is 1. The molecule has 2 heterocycles. The molecule has 8 nitrogen and oxygen atoms in total. The van der Waals surface area contributed by atoms with Gasteiger partial charge in [0.15, 0.2) is 17.1 Å². The average Bonchev–Trinajstić information content (AvgIpc) is 3.56. The first kappa shape index (κ1) is 29.0. The second-order valence-electron chi connectivity index (χ2n) is 8.69. The molecule has 1 atom stereocenters. The van der Waals surface area contributed by atoms with Gasteiger partial charge in [-0.3, -0.25) is 9.36 Å². The van der Waals surface area contributed by atoms with Crippen molar-refractivity contribution in [2.24, 2.45) is 0 Å². The Morgan fingerprint density at radius 1 is 1.18 bits per heavy atom. The van der Waals surface area contributed by atoms with Gasteiger partial charge in [-0.25, -0.2) is 9.18 Å². The summed E-state index contributed by atoms with van der Waals surface area (Å²) in [6, 6.07) is 13.7. The summed E-state index contributed by atoms with van der Waals surface area (Å²) in [6.07, 6.45) is 2.29. The smallest absolute Gasteiger partial charge is 0.341 e. The fourth-order valence-corrected chi connectivity index (χ4v) is 5.69. The lowest BCUT2D eigenvalue weighted by molar-refractivity contribution is -0.113. The number of methoxy groups -OCH3 is 1. The first-order valence-electron chi connectivity index (χ1n) is 12.5. The Labute approximate surface area is 240 Å². The third kappa shape index (κ3) is 6.78. The van der Waals surface area contributed by atoms with E-state index in [1.54, 1.807) is 23.6 Å². The van der Waals surface area contributed by atoms with Gasteiger partial charge in [-0.05, 0) is 48.7 Å². The first-order chi connectivity index (χ1) is 19.3. The maximum atomic E-state index is 13.4. The van der Waals surface area contributed by atoms with Crippen molar-refractivity contribution < 1.29 is 23.5 Å². The van der Waals surface area contributed by atoms with Crippen molar-refractivity contribution in [2.75, 3.05) is 18.2 Å². The van der Waals surface area contributed by atoms with Crippen LogP contribution < -0.4 is 10.1 Å². The molecule has 0 fully saturated rings. The van der Waals surface area contributed by atoms with Gasteiger partial charge in [-0.1, -0.05) is 49.0 Å². The number of amides is 1. The molecular weight excluding hydrogens is 551 g/mol. The molecule has 0 saturated carbocycles. The summed E-state index contributed by atoms with van der Waals surface area (Å²) in [4.78, 5) is 25.5. The van der Waals surface area contributed by atoms with Gasteiger partial charge in [0, 0.05) is 17.5 Å². The Bertz CT molecular complexity index is 1480. The molecule has 4 aromatic rings. The predicted molar refractivity (Wildman–Crippen MR) is 155 cm³/mol. The third-order valence-electron chi connectivity index (χ3n) is 5.99. The summed E-state index contributed by atoms with van der Waals surface area (Å²) in [5.74, 6) is 0.0346. The number of thiophene rings is 1. The van der Waals surface area contributed by atoms with E-state index < -0.39 is 5.97 Å². The van der Waals surface area contributed by atoms with Crippen molar-refractivity contribution in [2.45, 2.75) is 38.1 Å². The third-order valence-corrected chi connectivity index (χ3v) is 7.85. The van der Waals surface area contributed by atoms with Crippen molar-refractivity contribution in [3.8, 4) is 16.9 Å². The maximum Gasteiger partial charge on any atom is 0.341 e. The molecule has 208 valence electrons. The monoisotopic (exact) mass is 580 g/mol. The summed E-state index contributed by atoms with van der Waals surface area (Å²) in [5, 5.41) is 14.0. The van der Waals surface area contributed by atoms with Crippen molar-refractivity contribution in [1.29, 1.82) is 0 Å². The van der Waals surface area contributed by atoms with Gasteiger partial charge < -0.3 is 14.8 Å². The molecule has 0 bridgehead atoms. The van der Waals surface area contributed by atoms with Crippen LogP contribution in [0.5, 0.6) is 5.75 Å². The van der Waals surface area contributed by atoms with Crippen LogP contribution in [-0.2, 0) is 22.5 Å². The van der Waals surface area contributed by atoms with Crippen LogP contribution >= 0.6 is 23.1 Å². The Morgan fingerprint density at radius 3 is 2.55 bits per heavy atom. The zero-order chi connectivity index (χ0) is 28.6. The van der Waals surface area contributed by atoms with E-state index >= 15 is 0 Å².